The van der Waals surface area contributed by atoms with Gasteiger partial charge in [0.25, 0.3) is 5.91 Å². The number of fused-ring (bicyclic) bond motifs is 1. The summed E-state index contributed by atoms with van der Waals surface area (Å²) in [5.74, 6) is 0.320. The molecule has 0 aliphatic heterocycles. The number of anilines is 1. The predicted octanol–water partition coefficient (Wildman–Crippen LogP) is 3.44. The van der Waals surface area contributed by atoms with Crippen LogP contribution in [0.3, 0.4) is 0 Å². The molecule has 0 radical (unpaired) electrons. The van der Waals surface area contributed by atoms with Gasteiger partial charge < -0.3 is 4.74 Å². The number of rotatable bonds is 4. The van der Waals surface area contributed by atoms with Gasteiger partial charge in [-0.25, -0.2) is 4.52 Å². The Kier molecular flexibility index (Phi) is 4.36. The predicted molar refractivity (Wildman–Crippen MR) is 88.2 cm³/mol. The van der Waals surface area contributed by atoms with E-state index in [0.717, 1.165) is 0 Å². The quantitative estimate of drug-likeness (QED) is 0.782. The maximum absolute atomic E-state index is 12.2. The summed E-state index contributed by atoms with van der Waals surface area (Å²) in [6, 6.07) is 10.2. The normalized spacial score (nSPS) is 12.1. The number of hydrogen-bond acceptors (Lipinski definition) is 4. The van der Waals surface area contributed by atoms with Crippen LogP contribution in [0.2, 0.25) is 10.0 Å². The van der Waals surface area contributed by atoms with Gasteiger partial charge in [0.1, 0.15) is 5.75 Å². The van der Waals surface area contributed by atoms with E-state index in [-0.39, 0.29) is 11.9 Å². The van der Waals surface area contributed by atoms with E-state index < -0.39 is 6.10 Å². The SMILES string of the molecule is C[C@H](Oc1cccc(Cl)c1)C(=O)Nc1nc2ccc(Cl)cn2n1. The maximum Gasteiger partial charge on any atom is 0.267 e. The third-order valence-electron chi connectivity index (χ3n) is 3.01. The summed E-state index contributed by atoms with van der Waals surface area (Å²) in [4.78, 5) is 16.3. The zero-order valence-corrected chi connectivity index (χ0v) is 13.5. The van der Waals surface area contributed by atoms with Gasteiger partial charge in [-0.1, -0.05) is 29.3 Å². The van der Waals surface area contributed by atoms with Crippen LogP contribution in [0.1, 0.15) is 6.92 Å². The molecule has 0 aliphatic carbocycles. The fourth-order valence-electron chi connectivity index (χ4n) is 1.92. The molecule has 23 heavy (non-hydrogen) atoms. The van der Waals surface area contributed by atoms with E-state index in [1.807, 2.05) is 0 Å². The number of nitrogens with one attached hydrogen (secondary N) is 1. The highest BCUT2D eigenvalue weighted by Crippen LogP contribution is 2.18. The number of ether oxygens (including phenoxy) is 1. The van der Waals surface area contributed by atoms with Crippen molar-refractivity contribution in [3.8, 4) is 5.75 Å². The first-order valence-electron chi connectivity index (χ1n) is 6.76. The van der Waals surface area contributed by atoms with Gasteiger partial charge in [-0.15, -0.1) is 5.10 Å². The Morgan fingerprint density at radius 2 is 2.09 bits per heavy atom. The van der Waals surface area contributed by atoms with Crippen LogP contribution >= 0.6 is 23.2 Å². The Balaban J connectivity index is 1.69. The molecule has 0 aliphatic rings. The summed E-state index contributed by atoms with van der Waals surface area (Å²) in [5.41, 5.74) is 0.577. The minimum atomic E-state index is -0.733. The first-order chi connectivity index (χ1) is 11.0. The molecule has 3 rings (SSSR count). The molecule has 1 N–H and O–H groups in total. The van der Waals surface area contributed by atoms with Crippen LogP contribution in [-0.2, 0) is 4.79 Å². The molecule has 8 heteroatoms. The Morgan fingerprint density at radius 1 is 1.26 bits per heavy atom. The van der Waals surface area contributed by atoms with E-state index in [2.05, 4.69) is 15.4 Å². The number of amides is 1. The van der Waals surface area contributed by atoms with Crippen molar-refractivity contribution in [1.29, 1.82) is 0 Å². The molecule has 1 amide bonds. The summed E-state index contributed by atoms with van der Waals surface area (Å²) in [6.07, 6.45) is 0.870. The second-order valence-electron chi connectivity index (χ2n) is 4.79. The van der Waals surface area contributed by atoms with Crippen molar-refractivity contribution in [1.82, 2.24) is 14.6 Å². The zero-order valence-electron chi connectivity index (χ0n) is 12.0. The monoisotopic (exact) mass is 350 g/mol. The first-order valence-corrected chi connectivity index (χ1v) is 7.52. The van der Waals surface area contributed by atoms with Crippen molar-refractivity contribution < 1.29 is 9.53 Å². The summed E-state index contributed by atoms with van der Waals surface area (Å²) in [6.45, 7) is 1.63. The van der Waals surface area contributed by atoms with Gasteiger partial charge in [0.05, 0.1) is 5.02 Å². The Bertz CT molecular complexity index is 866. The summed E-state index contributed by atoms with van der Waals surface area (Å²) < 4.78 is 7.03. The molecule has 6 nitrogen and oxygen atoms in total. The lowest BCUT2D eigenvalue weighted by atomic mass is 10.3. The Morgan fingerprint density at radius 3 is 2.87 bits per heavy atom. The second-order valence-corrected chi connectivity index (χ2v) is 5.67. The number of carbonyl (C=O) groups excluding carboxylic acids is 1. The first kappa shape index (κ1) is 15.6. The summed E-state index contributed by atoms with van der Waals surface area (Å²) in [5, 5.41) is 7.79. The molecule has 2 aromatic heterocycles. The number of hydrogen-bond donors (Lipinski definition) is 1. The summed E-state index contributed by atoms with van der Waals surface area (Å²) >= 11 is 11.8. The molecular weight excluding hydrogens is 339 g/mol. The molecule has 1 aromatic carbocycles. The van der Waals surface area contributed by atoms with Crippen molar-refractivity contribution in [3.63, 3.8) is 0 Å². The highest BCUT2D eigenvalue weighted by Gasteiger charge is 2.17. The van der Waals surface area contributed by atoms with E-state index in [1.54, 1.807) is 49.5 Å². The van der Waals surface area contributed by atoms with Crippen LogP contribution in [0.5, 0.6) is 5.75 Å². The molecule has 0 saturated heterocycles. The minimum absolute atomic E-state index is 0.179. The smallest absolute Gasteiger partial charge is 0.267 e. The molecule has 0 unspecified atom stereocenters. The van der Waals surface area contributed by atoms with Crippen molar-refractivity contribution in [3.05, 3.63) is 52.6 Å². The average molecular weight is 351 g/mol. The van der Waals surface area contributed by atoms with E-state index in [9.17, 15) is 4.79 Å². The highest BCUT2D eigenvalue weighted by molar-refractivity contribution is 6.30. The number of carbonyl (C=O) groups is 1. The molecule has 118 valence electrons. The number of nitrogens with zero attached hydrogens (tertiary/aromatic N) is 3. The molecule has 0 bridgehead atoms. The number of benzene rings is 1. The van der Waals surface area contributed by atoms with Gasteiger partial charge in [0.2, 0.25) is 5.95 Å². The molecule has 3 aromatic rings. The van der Waals surface area contributed by atoms with Crippen LogP contribution in [0, 0.1) is 0 Å². The molecular formula is C15H12Cl2N4O2. The lowest BCUT2D eigenvalue weighted by molar-refractivity contribution is -0.122. The third-order valence-corrected chi connectivity index (χ3v) is 3.47. The van der Waals surface area contributed by atoms with Gasteiger partial charge >= 0.3 is 0 Å². The van der Waals surface area contributed by atoms with E-state index in [4.69, 9.17) is 27.9 Å². The molecule has 0 spiro atoms. The molecule has 1 atom stereocenters. The van der Waals surface area contributed by atoms with Gasteiger partial charge in [-0.2, -0.15) is 4.98 Å². The molecule has 0 fully saturated rings. The van der Waals surface area contributed by atoms with Crippen LogP contribution < -0.4 is 10.1 Å². The number of pyridine rings is 1. The lowest BCUT2D eigenvalue weighted by Crippen LogP contribution is -2.30. The van der Waals surface area contributed by atoms with Crippen LogP contribution in [0.15, 0.2) is 42.6 Å². The highest BCUT2D eigenvalue weighted by atomic mass is 35.5. The number of halogens is 2. The van der Waals surface area contributed by atoms with E-state index in [0.29, 0.717) is 21.4 Å². The largest absolute Gasteiger partial charge is 0.481 e. The average Bonchev–Trinajstić information content (AvgIpc) is 2.88. The zero-order chi connectivity index (χ0) is 16.4. The van der Waals surface area contributed by atoms with Crippen molar-refractivity contribution in [2.45, 2.75) is 13.0 Å². The van der Waals surface area contributed by atoms with Crippen LogP contribution in [0.4, 0.5) is 5.95 Å². The number of aromatic nitrogens is 3. The van der Waals surface area contributed by atoms with Gasteiger partial charge in [0.15, 0.2) is 11.8 Å². The van der Waals surface area contributed by atoms with Gasteiger partial charge in [-0.3, -0.25) is 10.1 Å². The van der Waals surface area contributed by atoms with Gasteiger partial charge in [0, 0.05) is 11.2 Å². The van der Waals surface area contributed by atoms with E-state index >= 15 is 0 Å². The fraction of sp³-hybridized carbons (Fsp3) is 0.133. The second kappa shape index (κ2) is 6.44. The summed E-state index contributed by atoms with van der Waals surface area (Å²) in [7, 11) is 0. The van der Waals surface area contributed by atoms with Gasteiger partial charge in [-0.05, 0) is 37.3 Å². The Hall–Kier alpha value is -2.31. The van der Waals surface area contributed by atoms with Crippen molar-refractivity contribution in [2.75, 3.05) is 5.32 Å². The van der Waals surface area contributed by atoms with E-state index in [1.165, 1.54) is 4.52 Å². The minimum Gasteiger partial charge on any atom is -0.481 e. The third kappa shape index (κ3) is 3.72. The molecule has 2 heterocycles. The molecule has 0 saturated carbocycles. The fourth-order valence-corrected chi connectivity index (χ4v) is 2.26. The topological polar surface area (TPSA) is 68.5 Å². The van der Waals surface area contributed by atoms with Crippen LogP contribution in [0.25, 0.3) is 5.65 Å². The van der Waals surface area contributed by atoms with Crippen molar-refractivity contribution in [2.24, 2.45) is 0 Å². The standard InChI is InChI=1S/C15H12Cl2N4O2/c1-9(23-12-4-2-3-10(16)7-12)14(22)19-15-18-13-6-5-11(17)8-21(13)20-15/h2-9H,1H3,(H,19,20,22)/t9-/m0/s1. The van der Waals surface area contributed by atoms with Crippen molar-refractivity contribution >= 4 is 40.7 Å². The maximum atomic E-state index is 12.2. The van der Waals surface area contributed by atoms with Crippen LogP contribution in [-0.4, -0.2) is 26.6 Å². The lowest BCUT2D eigenvalue weighted by Gasteiger charge is -2.13. The Labute approximate surface area is 142 Å².